The van der Waals surface area contributed by atoms with Crippen LogP contribution in [0.2, 0.25) is 0 Å². The Hall–Kier alpha value is -0.410. The molecule has 1 atom stereocenters. The fourth-order valence-corrected chi connectivity index (χ4v) is 0.901. The molecule has 1 aliphatic heterocycles. The summed E-state index contributed by atoms with van der Waals surface area (Å²) in [4.78, 5) is 0. The number of nitrogens with one attached hydrogen (secondary N) is 1. The number of rotatable bonds is 1. The zero-order valence-corrected chi connectivity index (χ0v) is 5.26. The number of ether oxygens (including phenoxy) is 1. The van der Waals surface area contributed by atoms with E-state index in [9.17, 15) is 0 Å². The SMILES string of the molecule is N=C1COCCC1CO. The zero-order valence-electron chi connectivity index (χ0n) is 5.26. The molecular formula is C6H11NO2. The molecule has 1 unspecified atom stereocenters. The molecule has 0 aromatic rings. The fraction of sp³-hybridized carbons (Fsp3) is 0.833. The first kappa shape index (κ1) is 6.71. The van der Waals surface area contributed by atoms with Gasteiger partial charge in [0.2, 0.25) is 0 Å². The summed E-state index contributed by atoms with van der Waals surface area (Å²) in [7, 11) is 0. The van der Waals surface area contributed by atoms with Gasteiger partial charge in [0, 0.05) is 18.2 Å². The van der Waals surface area contributed by atoms with Crippen molar-refractivity contribution >= 4 is 5.71 Å². The molecule has 0 aromatic heterocycles. The van der Waals surface area contributed by atoms with Crippen LogP contribution in [0.1, 0.15) is 6.42 Å². The lowest BCUT2D eigenvalue weighted by Crippen LogP contribution is -2.29. The minimum absolute atomic E-state index is 0.0683. The summed E-state index contributed by atoms with van der Waals surface area (Å²) in [5, 5.41) is 15.9. The lowest BCUT2D eigenvalue weighted by atomic mass is 10.00. The van der Waals surface area contributed by atoms with Crippen LogP contribution in [0.3, 0.4) is 0 Å². The Morgan fingerprint density at radius 3 is 3.00 bits per heavy atom. The van der Waals surface area contributed by atoms with Crippen molar-refractivity contribution in [3.63, 3.8) is 0 Å². The molecule has 1 saturated heterocycles. The van der Waals surface area contributed by atoms with Crippen LogP contribution in [0.15, 0.2) is 0 Å². The van der Waals surface area contributed by atoms with Crippen LogP contribution in [0, 0.1) is 11.3 Å². The number of aliphatic hydroxyl groups is 1. The van der Waals surface area contributed by atoms with E-state index in [0.717, 1.165) is 6.42 Å². The van der Waals surface area contributed by atoms with Gasteiger partial charge in [-0.2, -0.15) is 0 Å². The minimum Gasteiger partial charge on any atom is -0.396 e. The predicted molar refractivity (Wildman–Crippen MR) is 33.7 cm³/mol. The third-order valence-corrected chi connectivity index (χ3v) is 1.58. The van der Waals surface area contributed by atoms with Crippen LogP contribution in [-0.2, 0) is 4.74 Å². The highest BCUT2D eigenvalue weighted by atomic mass is 16.5. The molecule has 9 heavy (non-hydrogen) atoms. The van der Waals surface area contributed by atoms with Gasteiger partial charge in [-0.1, -0.05) is 0 Å². The maximum Gasteiger partial charge on any atom is 0.0845 e. The Bertz CT molecular complexity index is 114. The fourth-order valence-electron chi connectivity index (χ4n) is 0.901. The maximum atomic E-state index is 8.67. The minimum atomic E-state index is 0.0683. The first-order chi connectivity index (χ1) is 4.34. The molecule has 1 heterocycles. The Morgan fingerprint density at radius 2 is 2.56 bits per heavy atom. The largest absolute Gasteiger partial charge is 0.396 e. The van der Waals surface area contributed by atoms with Gasteiger partial charge in [0.25, 0.3) is 0 Å². The monoisotopic (exact) mass is 129 g/mol. The molecule has 3 nitrogen and oxygen atoms in total. The second kappa shape index (κ2) is 2.94. The molecule has 1 aliphatic rings. The Labute approximate surface area is 54.2 Å². The number of hydrogen-bond acceptors (Lipinski definition) is 3. The van der Waals surface area contributed by atoms with Gasteiger partial charge in [-0.05, 0) is 6.42 Å². The van der Waals surface area contributed by atoms with E-state index in [2.05, 4.69) is 0 Å². The quantitative estimate of drug-likeness (QED) is 0.525. The molecule has 0 amide bonds. The van der Waals surface area contributed by atoms with Crippen LogP contribution < -0.4 is 0 Å². The highest BCUT2D eigenvalue weighted by molar-refractivity contribution is 5.85. The smallest absolute Gasteiger partial charge is 0.0845 e. The molecule has 0 aromatic carbocycles. The molecule has 0 radical (unpaired) electrons. The summed E-state index contributed by atoms with van der Waals surface area (Å²) in [6, 6.07) is 0. The Morgan fingerprint density at radius 1 is 1.78 bits per heavy atom. The number of hydrogen-bond donors (Lipinski definition) is 2. The summed E-state index contributed by atoms with van der Waals surface area (Å²) in [6.45, 7) is 1.20. The average Bonchev–Trinajstić information content (AvgIpc) is 1.89. The van der Waals surface area contributed by atoms with E-state index in [1.165, 1.54) is 0 Å². The van der Waals surface area contributed by atoms with E-state index in [1.54, 1.807) is 0 Å². The Balaban J connectivity index is 2.39. The summed E-state index contributed by atoms with van der Waals surface area (Å²) in [6.07, 6.45) is 0.801. The standard InChI is InChI=1S/C6H11NO2/c7-6-4-9-2-1-5(6)3-8/h5,7-8H,1-4H2. The maximum absolute atomic E-state index is 8.67. The predicted octanol–water partition coefficient (Wildman–Crippen LogP) is 0.0350. The van der Waals surface area contributed by atoms with Crippen molar-refractivity contribution in [3.05, 3.63) is 0 Å². The van der Waals surface area contributed by atoms with E-state index in [0.29, 0.717) is 18.9 Å². The first-order valence-corrected chi connectivity index (χ1v) is 3.10. The highest BCUT2D eigenvalue weighted by Crippen LogP contribution is 2.09. The van der Waals surface area contributed by atoms with Crippen molar-refractivity contribution in [3.8, 4) is 0 Å². The molecule has 0 bridgehead atoms. The van der Waals surface area contributed by atoms with Crippen molar-refractivity contribution < 1.29 is 9.84 Å². The van der Waals surface area contributed by atoms with E-state index in [1.807, 2.05) is 0 Å². The normalized spacial score (nSPS) is 28.6. The van der Waals surface area contributed by atoms with Crippen molar-refractivity contribution in [2.24, 2.45) is 5.92 Å². The van der Waals surface area contributed by atoms with Crippen LogP contribution in [0.25, 0.3) is 0 Å². The highest BCUT2D eigenvalue weighted by Gasteiger charge is 2.17. The van der Waals surface area contributed by atoms with Gasteiger partial charge >= 0.3 is 0 Å². The van der Waals surface area contributed by atoms with Crippen LogP contribution in [-0.4, -0.2) is 30.6 Å². The Kier molecular flexibility index (Phi) is 2.19. The van der Waals surface area contributed by atoms with E-state index in [-0.39, 0.29) is 12.5 Å². The molecule has 3 heteroatoms. The van der Waals surface area contributed by atoms with Gasteiger partial charge < -0.3 is 15.3 Å². The van der Waals surface area contributed by atoms with Crippen LogP contribution in [0.4, 0.5) is 0 Å². The van der Waals surface area contributed by atoms with Gasteiger partial charge in [-0.15, -0.1) is 0 Å². The van der Waals surface area contributed by atoms with Crippen molar-refractivity contribution in [1.82, 2.24) is 0 Å². The molecule has 1 rings (SSSR count). The molecule has 0 saturated carbocycles. The molecule has 0 spiro atoms. The lowest BCUT2D eigenvalue weighted by molar-refractivity contribution is 0.118. The van der Waals surface area contributed by atoms with Gasteiger partial charge in [-0.3, -0.25) is 0 Å². The van der Waals surface area contributed by atoms with Crippen molar-refractivity contribution in [1.29, 1.82) is 5.41 Å². The van der Waals surface area contributed by atoms with Gasteiger partial charge in [0.1, 0.15) is 0 Å². The van der Waals surface area contributed by atoms with E-state index >= 15 is 0 Å². The van der Waals surface area contributed by atoms with E-state index in [4.69, 9.17) is 15.3 Å². The third kappa shape index (κ3) is 1.50. The molecule has 52 valence electrons. The second-order valence-electron chi connectivity index (χ2n) is 2.25. The van der Waals surface area contributed by atoms with Crippen LogP contribution >= 0.6 is 0 Å². The van der Waals surface area contributed by atoms with Crippen molar-refractivity contribution in [2.75, 3.05) is 19.8 Å². The summed E-state index contributed by atoms with van der Waals surface area (Å²) in [5.74, 6) is 0.0683. The zero-order chi connectivity index (χ0) is 6.69. The molecule has 2 N–H and O–H groups in total. The lowest BCUT2D eigenvalue weighted by Gasteiger charge is -2.20. The average molecular weight is 129 g/mol. The van der Waals surface area contributed by atoms with E-state index < -0.39 is 0 Å². The summed E-state index contributed by atoms with van der Waals surface area (Å²) >= 11 is 0. The summed E-state index contributed by atoms with van der Waals surface area (Å²) in [5.41, 5.74) is 0.531. The van der Waals surface area contributed by atoms with Crippen molar-refractivity contribution in [2.45, 2.75) is 6.42 Å². The first-order valence-electron chi connectivity index (χ1n) is 3.10. The van der Waals surface area contributed by atoms with Gasteiger partial charge in [0.05, 0.1) is 13.2 Å². The molecular weight excluding hydrogens is 118 g/mol. The van der Waals surface area contributed by atoms with Gasteiger partial charge in [-0.25, -0.2) is 0 Å². The summed E-state index contributed by atoms with van der Waals surface area (Å²) < 4.78 is 4.98. The second-order valence-corrected chi connectivity index (χ2v) is 2.25. The molecule has 1 fully saturated rings. The third-order valence-electron chi connectivity index (χ3n) is 1.58. The molecule has 0 aliphatic carbocycles. The van der Waals surface area contributed by atoms with Gasteiger partial charge in [0.15, 0.2) is 0 Å². The van der Waals surface area contributed by atoms with Crippen LogP contribution in [0.5, 0.6) is 0 Å². The number of aliphatic hydroxyl groups excluding tert-OH is 1. The topological polar surface area (TPSA) is 53.3 Å².